The van der Waals surface area contributed by atoms with Crippen LogP contribution in [-0.2, 0) is 25.8 Å². The van der Waals surface area contributed by atoms with Crippen LogP contribution in [0.15, 0.2) is 40.9 Å². The highest BCUT2D eigenvalue weighted by Gasteiger charge is 2.22. The summed E-state index contributed by atoms with van der Waals surface area (Å²) in [6.45, 7) is 2.59. The molecule has 3 heterocycles. The Morgan fingerprint density at radius 3 is 2.85 bits per heavy atom. The molecule has 140 valence electrons. The van der Waals surface area contributed by atoms with E-state index in [9.17, 15) is 4.79 Å². The van der Waals surface area contributed by atoms with Gasteiger partial charge in [0.1, 0.15) is 17.4 Å². The molecule has 7 nitrogen and oxygen atoms in total. The van der Waals surface area contributed by atoms with Gasteiger partial charge >= 0.3 is 0 Å². The second-order valence-electron chi connectivity index (χ2n) is 6.99. The Balaban J connectivity index is 1.37. The molecule has 1 aliphatic rings. The van der Waals surface area contributed by atoms with Crippen LogP contribution in [0.25, 0.3) is 0 Å². The first-order valence-corrected chi connectivity index (χ1v) is 9.38. The monoisotopic (exact) mass is 365 g/mol. The summed E-state index contributed by atoms with van der Waals surface area (Å²) in [7, 11) is 0. The fourth-order valence-electron chi connectivity index (χ4n) is 3.51. The molecular weight excluding hydrogens is 342 g/mol. The summed E-state index contributed by atoms with van der Waals surface area (Å²) < 4.78 is 7.20. The molecule has 1 atom stereocenters. The Kier molecular flexibility index (Phi) is 5.00. The third-order valence-corrected chi connectivity index (χ3v) is 5.00. The first-order chi connectivity index (χ1) is 13.2. The molecular formula is C20H23N5O2. The Bertz CT molecular complexity index is 916. The normalized spacial score (nSPS) is 16.6. The number of aryl methyl sites for hydroxylation is 4. The van der Waals surface area contributed by atoms with Crippen LogP contribution in [0.5, 0.6) is 0 Å². The average molecular weight is 365 g/mol. The highest BCUT2D eigenvalue weighted by Crippen LogP contribution is 2.17. The maximum Gasteiger partial charge on any atom is 0.273 e. The van der Waals surface area contributed by atoms with Crippen molar-refractivity contribution in [2.45, 2.75) is 51.6 Å². The van der Waals surface area contributed by atoms with Crippen molar-refractivity contribution in [3.05, 3.63) is 65.1 Å². The second kappa shape index (κ2) is 7.73. The number of rotatable bonds is 5. The molecule has 0 aliphatic carbocycles. The average Bonchev–Trinajstić information content (AvgIpc) is 3.24. The third-order valence-electron chi connectivity index (χ3n) is 5.00. The van der Waals surface area contributed by atoms with E-state index in [1.807, 2.05) is 6.07 Å². The predicted octanol–water partition coefficient (Wildman–Crippen LogP) is 2.49. The van der Waals surface area contributed by atoms with Crippen molar-refractivity contribution in [3.63, 3.8) is 0 Å². The summed E-state index contributed by atoms with van der Waals surface area (Å²) >= 11 is 0. The number of carbonyl (C=O) groups excluding carboxylic acids is 1. The molecule has 0 fully saturated rings. The van der Waals surface area contributed by atoms with Crippen LogP contribution in [0.1, 0.15) is 46.3 Å². The van der Waals surface area contributed by atoms with Crippen LogP contribution in [0, 0.1) is 6.92 Å². The molecule has 1 unspecified atom stereocenters. The maximum absolute atomic E-state index is 12.3. The number of carbonyl (C=O) groups is 1. The molecule has 0 saturated carbocycles. The number of hydrogen-bond donors (Lipinski definition) is 1. The number of nitrogens with zero attached hydrogens (tertiary/aromatic N) is 4. The van der Waals surface area contributed by atoms with Gasteiger partial charge < -0.3 is 14.4 Å². The van der Waals surface area contributed by atoms with E-state index in [0.717, 1.165) is 50.3 Å². The van der Waals surface area contributed by atoms with Crippen molar-refractivity contribution in [3.8, 4) is 0 Å². The van der Waals surface area contributed by atoms with Crippen LogP contribution >= 0.6 is 0 Å². The number of benzene rings is 1. The Morgan fingerprint density at radius 1 is 1.22 bits per heavy atom. The highest BCUT2D eigenvalue weighted by molar-refractivity contribution is 5.92. The van der Waals surface area contributed by atoms with Crippen LogP contribution in [0.3, 0.4) is 0 Å². The fraction of sp³-hybridized carbons (Fsp3) is 0.400. The maximum atomic E-state index is 12.3. The summed E-state index contributed by atoms with van der Waals surface area (Å²) in [5, 5.41) is 15.6. The van der Waals surface area contributed by atoms with E-state index in [1.165, 1.54) is 5.56 Å². The minimum absolute atomic E-state index is 0.0955. The molecule has 0 spiro atoms. The molecule has 4 rings (SSSR count). The van der Waals surface area contributed by atoms with E-state index < -0.39 is 0 Å². The van der Waals surface area contributed by atoms with Crippen molar-refractivity contribution in [1.82, 2.24) is 25.2 Å². The molecule has 27 heavy (non-hydrogen) atoms. The predicted molar refractivity (Wildman–Crippen MR) is 99.3 cm³/mol. The largest absolute Gasteiger partial charge is 0.361 e. The van der Waals surface area contributed by atoms with Crippen molar-refractivity contribution >= 4 is 5.91 Å². The van der Waals surface area contributed by atoms with Crippen molar-refractivity contribution in [2.75, 3.05) is 0 Å². The van der Waals surface area contributed by atoms with E-state index >= 15 is 0 Å². The molecule has 1 aromatic carbocycles. The van der Waals surface area contributed by atoms with Gasteiger partial charge in [0.05, 0.1) is 0 Å². The molecule has 1 N–H and O–H groups in total. The van der Waals surface area contributed by atoms with Crippen molar-refractivity contribution in [2.24, 2.45) is 0 Å². The topological polar surface area (TPSA) is 85.8 Å². The first kappa shape index (κ1) is 17.5. The molecule has 0 bridgehead atoms. The van der Waals surface area contributed by atoms with Gasteiger partial charge in [-0.3, -0.25) is 4.79 Å². The lowest BCUT2D eigenvalue weighted by Gasteiger charge is -2.15. The zero-order valence-electron chi connectivity index (χ0n) is 15.4. The lowest BCUT2D eigenvalue weighted by Crippen LogP contribution is -2.35. The van der Waals surface area contributed by atoms with Gasteiger partial charge in [-0.1, -0.05) is 35.5 Å². The van der Waals surface area contributed by atoms with E-state index in [2.05, 4.69) is 49.5 Å². The SMILES string of the molecule is Cc1cc(C(=O)NC2CCc3nnc(CCc4ccccc4)n3CC2)no1. The zero-order valence-corrected chi connectivity index (χ0v) is 15.4. The third kappa shape index (κ3) is 4.07. The number of amides is 1. The first-order valence-electron chi connectivity index (χ1n) is 9.38. The molecule has 0 radical (unpaired) electrons. The minimum atomic E-state index is -0.182. The lowest BCUT2D eigenvalue weighted by molar-refractivity contribution is 0.0923. The Morgan fingerprint density at radius 2 is 2.07 bits per heavy atom. The van der Waals surface area contributed by atoms with Crippen molar-refractivity contribution in [1.29, 1.82) is 0 Å². The van der Waals surface area contributed by atoms with Gasteiger partial charge in [-0.25, -0.2) is 0 Å². The zero-order chi connectivity index (χ0) is 18.6. The lowest BCUT2D eigenvalue weighted by atomic mass is 10.1. The smallest absolute Gasteiger partial charge is 0.273 e. The van der Waals surface area contributed by atoms with Gasteiger partial charge in [0.2, 0.25) is 0 Å². The van der Waals surface area contributed by atoms with Gasteiger partial charge in [0.15, 0.2) is 5.69 Å². The Hall–Kier alpha value is -2.96. The van der Waals surface area contributed by atoms with E-state index in [0.29, 0.717) is 11.5 Å². The summed E-state index contributed by atoms with van der Waals surface area (Å²) in [6, 6.07) is 12.2. The molecule has 7 heteroatoms. The van der Waals surface area contributed by atoms with E-state index in [-0.39, 0.29) is 11.9 Å². The molecule has 3 aromatic rings. The fourth-order valence-corrected chi connectivity index (χ4v) is 3.51. The Labute approximate surface area is 157 Å². The molecule has 0 saturated heterocycles. The van der Waals surface area contributed by atoms with Crippen LogP contribution in [0.2, 0.25) is 0 Å². The van der Waals surface area contributed by atoms with Crippen LogP contribution in [0.4, 0.5) is 0 Å². The van der Waals surface area contributed by atoms with Gasteiger partial charge in [-0.2, -0.15) is 0 Å². The molecule has 1 aliphatic heterocycles. The summed E-state index contributed by atoms with van der Waals surface area (Å²) in [6.07, 6.45) is 4.32. The van der Waals surface area contributed by atoms with Gasteiger partial charge in [0, 0.05) is 31.5 Å². The quantitative estimate of drug-likeness (QED) is 0.751. The van der Waals surface area contributed by atoms with Crippen LogP contribution in [-0.4, -0.2) is 31.9 Å². The summed E-state index contributed by atoms with van der Waals surface area (Å²) in [4.78, 5) is 12.3. The highest BCUT2D eigenvalue weighted by atomic mass is 16.5. The second-order valence-corrected chi connectivity index (χ2v) is 6.99. The van der Waals surface area contributed by atoms with Crippen LogP contribution < -0.4 is 5.32 Å². The van der Waals surface area contributed by atoms with E-state index in [4.69, 9.17) is 4.52 Å². The number of nitrogens with one attached hydrogen (secondary N) is 1. The van der Waals surface area contributed by atoms with E-state index in [1.54, 1.807) is 13.0 Å². The van der Waals surface area contributed by atoms with Gasteiger partial charge in [0.25, 0.3) is 5.91 Å². The summed E-state index contributed by atoms with van der Waals surface area (Å²) in [5.41, 5.74) is 1.64. The minimum Gasteiger partial charge on any atom is -0.361 e. The number of fused-ring (bicyclic) bond motifs is 1. The molecule has 1 amide bonds. The summed E-state index contributed by atoms with van der Waals surface area (Å²) in [5.74, 6) is 2.48. The van der Waals surface area contributed by atoms with Crippen molar-refractivity contribution < 1.29 is 9.32 Å². The van der Waals surface area contributed by atoms with Gasteiger partial charge in [-0.15, -0.1) is 10.2 Å². The number of aromatic nitrogens is 4. The van der Waals surface area contributed by atoms with Gasteiger partial charge in [-0.05, 0) is 31.7 Å². The number of hydrogen-bond acceptors (Lipinski definition) is 5. The molecule has 2 aromatic heterocycles. The standard InChI is InChI=1S/C20H23N5O2/c1-14-13-17(24-27-14)20(26)21-16-8-10-19-23-22-18(25(19)12-11-16)9-7-15-5-3-2-4-6-15/h2-6,13,16H,7-12H2,1H3,(H,21,26).